The van der Waals surface area contributed by atoms with E-state index in [4.69, 9.17) is 4.74 Å². The van der Waals surface area contributed by atoms with E-state index in [0.29, 0.717) is 0 Å². The van der Waals surface area contributed by atoms with Gasteiger partial charge in [0.25, 0.3) is 0 Å². The molecule has 0 radical (unpaired) electrons. The monoisotopic (exact) mass is 263 g/mol. The predicted molar refractivity (Wildman–Crippen MR) is 77.6 cm³/mol. The van der Waals surface area contributed by atoms with Gasteiger partial charge in [0.05, 0.1) is 5.56 Å². The van der Waals surface area contributed by atoms with E-state index in [9.17, 15) is 0 Å². The maximum absolute atomic E-state index is 6.16. The third-order valence-corrected chi connectivity index (χ3v) is 3.86. The van der Waals surface area contributed by atoms with Crippen LogP contribution in [0.1, 0.15) is 44.5 Å². The van der Waals surface area contributed by atoms with Crippen molar-refractivity contribution in [1.29, 1.82) is 0 Å². The Bertz CT molecular complexity index is 437. The van der Waals surface area contributed by atoms with Gasteiger partial charge < -0.3 is 10.1 Å². The summed E-state index contributed by atoms with van der Waals surface area (Å²) in [6.07, 6.45) is 3.85. The van der Waals surface area contributed by atoms with E-state index in [0.717, 1.165) is 47.8 Å². The van der Waals surface area contributed by atoms with E-state index in [2.05, 4.69) is 29.1 Å². The van der Waals surface area contributed by atoms with Crippen molar-refractivity contribution in [2.75, 3.05) is 12.4 Å². The molecule has 19 heavy (non-hydrogen) atoms. The molecule has 2 rings (SSSR count). The molecule has 1 saturated carbocycles. The Morgan fingerprint density at radius 1 is 1.05 bits per heavy atom. The molecule has 4 heteroatoms. The number of hydrogen-bond acceptors (Lipinski definition) is 4. The van der Waals surface area contributed by atoms with E-state index in [-0.39, 0.29) is 6.10 Å². The number of rotatable bonds is 3. The highest BCUT2D eigenvalue weighted by molar-refractivity contribution is 5.47. The number of aromatic nitrogens is 2. The summed E-state index contributed by atoms with van der Waals surface area (Å²) < 4.78 is 6.16. The van der Waals surface area contributed by atoms with E-state index in [1.807, 2.05) is 20.9 Å². The first kappa shape index (κ1) is 14.1. The lowest BCUT2D eigenvalue weighted by Gasteiger charge is -2.31. The predicted octanol–water partition coefficient (Wildman–Crippen LogP) is 3.34. The van der Waals surface area contributed by atoms with Gasteiger partial charge in [-0.25, -0.2) is 4.98 Å². The van der Waals surface area contributed by atoms with Gasteiger partial charge >= 0.3 is 0 Å². The Labute approximate surface area is 116 Å². The first-order valence-corrected chi connectivity index (χ1v) is 7.19. The molecule has 1 N–H and O–H groups in total. The van der Waals surface area contributed by atoms with Gasteiger partial charge in [0.1, 0.15) is 17.7 Å². The van der Waals surface area contributed by atoms with Gasteiger partial charge in [-0.15, -0.1) is 0 Å². The van der Waals surface area contributed by atoms with Gasteiger partial charge in [-0.2, -0.15) is 4.98 Å². The standard InChI is InChI=1S/C15H25N3O/c1-9-6-10(2)8-13(7-9)19-15-11(3)14(16-5)17-12(4)18-15/h9-10,13H,6-8H2,1-5H3,(H,16,17,18). The summed E-state index contributed by atoms with van der Waals surface area (Å²) in [6.45, 7) is 8.53. The zero-order valence-electron chi connectivity index (χ0n) is 12.7. The summed E-state index contributed by atoms with van der Waals surface area (Å²) in [5.41, 5.74) is 0.999. The third-order valence-electron chi connectivity index (χ3n) is 3.86. The lowest BCUT2D eigenvalue weighted by Crippen LogP contribution is -2.29. The van der Waals surface area contributed by atoms with Crippen LogP contribution in [0.4, 0.5) is 5.82 Å². The molecule has 1 aromatic heterocycles. The Balaban J connectivity index is 2.16. The van der Waals surface area contributed by atoms with Crippen molar-refractivity contribution in [1.82, 2.24) is 9.97 Å². The van der Waals surface area contributed by atoms with Crippen LogP contribution in [0, 0.1) is 25.7 Å². The highest BCUT2D eigenvalue weighted by Gasteiger charge is 2.26. The van der Waals surface area contributed by atoms with Crippen molar-refractivity contribution >= 4 is 5.82 Å². The van der Waals surface area contributed by atoms with Gasteiger partial charge in [0.2, 0.25) is 5.88 Å². The van der Waals surface area contributed by atoms with Crippen LogP contribution in [0.15, 0.2) is 0 Å². The van der Waals surface area contributed by atoms with Crippen LogP contribution in [0.2, 0.25) is 0 Å². The molecule has 1 heterocycles. The second-order valence-electron chi connectivity index (χ2n) is 5.96. The molecule has 2 unspecified atom stereocenters. The van der Waals surface area contributed by atoms with E-state index in [1.165, 1.54) is 6.42 Å². The topological polar surface area (TPSA) is 47.0 Å². The molecule has 4 nitrogen and oxygen atoms in total. The summed E-state index contributed by atoms with van der Waals surface area (Å²) in [6, 6.07) is 0. The summed E-state index contributed by atoms with van der Waals surface area (Å²) in [7, 11) is 1.88. The Hall–Kier alpha value is -1.32. The zero-order valence-corrected chi connectivity index (χ0v) is 12.7. The van der Waals surface area contributed by atoms with Gasteiger partial charge in [-0.05, 0) is 44.9 Å². The fraction of sp³-hybridized carbons (Fsp3) is 0.733. The van der Waals surface area contributed by atoms with Crippen LogP contribution in [0.5, 0.6) is 5.88 Å². The zero-order chi connectivity index (χ0) is 14.0. The van der Waals surface area contributed by atoms with Gasteiger partial charge in [-0.3, -0.25) is 0 Å². The average Bonchev–Trinajstić information content (AvgIpc) is 2.32. The number of nitrogens with one attached hydrogen (secondary N) is 1. The second kappa shape index (κ2) is 5.76. The van der Waals surface area contributed by atoms with E-state index < -0.39 is 0 Å². The Morgan fingerprint density at radius 3 is 2.26 bits per heavy atom. The van der Waals surface area contributed by atoms with Crippen LogP contribution in [0.25, 0.3) is 0 Å². The SMILES string of the molecule is CNc1nc(C)nc(OC2CC(C)CC(C)C2)c1C. The normalized spacial score (nSPS) is 27.1. The van der Waals surface area contributed by atoms with Crippen LogP contribution < -0.4 is 10.1 Å². The summed E-state index contributed by atoms with van der Waals surface area (Å²) in [4.78, 5) is 8.82. The van der Waals surface area contributed by atoms with Crippen LogP contribution in [-0.2, 0) is 0 Å². The minimum Gasteiger partial charge on any atom is -0.474 e. The lowest BCUT2D eigenvalue weighted by atomic mass is 9.82. The van der Waals surface area contributed by atoms with Crippen molar-refractivity contribution in [2.45, 2.75) is 53.1 Å². The lowest BCUT2D eigenvalue weighted by molar-refractivity contribution is 0.0957. The summed E-state index contributed by atoms with van der Waals surface area (Å²) in [5.74, 6) is 3.82. The first-order valence-electron chi connectivity index (χ1n) is 7.19. The van der Waals surface area contributed by atoms with Gasteiger partial charge in [0, 0.05) is 7.05 Å². The molecular formula is C15H25N3O. The highest BCUT2D eigenvalue weighted by atomic mass is 16.5. The van der Waals surface area contributed by atoms with Crippen LogP contribution in [-0.4, -0.2) is 23.1 Å². The average molecular weight is 263 g/mol. The number of anilines is 1. The first-order chi connectivity index (χ1) is 8.99. The minimum atomic E-state index is 0.288. The number of aryl methyl sites for hydroxylation is 1. The third kappa shape index (κ3) is 3.37. The quantitative estimate of drug-likeness (QED) is 0.908. The molecule has 1 aromatic rings. The molecule has 1 aliphatic carbocycles. The molecule has 0 bridgehead atoms. The fourth-order valence-electron chi connectivity index (χ4n) is 3.09. The van der Waals surface area contributed by atoms with Crippen molar-refractivity contribution in [2.24, 2.45) is 11.8 Å². The number of hydrogen-bond donors (Lipinski definition) is 1. The van der Waals surface area contributed by atoms with Crippen molar-refractivity contribution in [3.8, 4) is 5.88 Å². The van der Waals surface area contributed by atoms with Crippen molar-refractivity contribution in [3.63, 3.8) is 0 Å². The molecule has 106 valence electrons. The molecule has 0 spiro atoms. The maximum Gasteiger partial charge on any atom is 0.222 e. The summed E-state index contributed by atoms with van der Waals surface area (Å²) >= 11 is 0. The maximum atomic E-state index is 6.16. The van der Waals surface area contributed by atoms with Crippen LogP contribution in [0.3, 0.4) is 0 Å². The number of nitrogens with zero attached hydrogens (tertiary/aromatic N) is 2. The smallest absolute Gasteiger partial charge is 0.222 e. The molecule has 0 saturated heterocycles. The Kier molecular flexibility index (Phi) is 4.27. The van der Waals surface area contributed by atoms with Crippen LogP contribution >= 0.6 is 0 Å². The van der Waals surface area contributed by atoms with Crippen molar-refractivity contribution < 1.29 is 4.74 Å². The Morgan fingerprint density at radius 2 is 1.68 bits per heavy atom. The largest absolute Gasteiger partial charge is 0.474 e. The van der Waals surface area contributed by atoms with E-state index >= 15 is 0 Å². The molecule has 1 fully saturated rings. The molecular weight excluding hydrogens is 238 g/mol. The second-order valence-corrected chi connectivity index (χ2v) is 5.96. The van der Waals surface area contributed by atoms with Crippen molar-refractivity contribution in [3.05, 3.63) is 11.4 Å². The number of ether oxygens (including phenoxy) is 1. The van der Waals surface area contributed by atoms with Gasteiger partial charge in [-0.1, -0.05) is 13.8 Å². The highest BCUT2D eigenvalue weighted by Crippen LogP contribution is 2.32. The molecule has 2 atom stereocenters. The fourth-order valence-corrected chi connectivity index (χ4v) is 3.09. The van der Waals surface area contributed by atoms with E-state index in [1.54, 1.807) is 0 Å². The molecule has 0 amide bonds. The molecule has 0 aliphatic heterocycles. The summed E-state index contributed by atoms with van der Waals surface area (Å²) in [5, 5.41) is 3.10. The molecule has 1 aliphatic rings. The minimum absolute atomic E-state index is 0.288. The van der Waals surface area contributed by atoms with Gasteiger partial charge in [0.15, 0.2) is 0 Å². The molecule has 0 aromatic carbocycles.